The molecule has 1 unspecified atom stereocenters. The van der Waals surface area contributed by atoms with E-state index in [0.717, 1.165) is 18.9 Å². The Hall–Kier alpha value is -0.340. The number of primary sulfonamides is 1. The first-order valence-corrected chi connectivity index (χ1v) is 7.59. The Morgan fingerprint density at radius 3 is 2.33 bits per heavy atom. The van der Waals surface area contributed by atoms with Gasteiger partial charge in [-0.15, -0.1) is 0 Å². The van der Waals surface area contributed by atoms with Crippen LogP contribution in [-0.4, -0.2) is 18.9 Å². The quantitative estimate of drug-likeness (QED) is 0.782. The van der Waals surface area contributed by atoms with Crippen molar-refractivity contribution in [1.29, 1.82) is 0 Å². The second kappa shape index (κ2) is 4.08. The summed E-state index contributed by atoms with van der Waals surface area (Å²) in [5.74, 6) is 0.0281. The number of alkyl halides is 4. The zero-order chi connectivity index (χ0) is 13.8. The molecule has 0 spiro atoms. The van der Waals surface area contributed by atoms with Crippen molar-refractivity contribution in [2.24, 2.45) is 11.1 Å². The first-order valence-electron chi connectivity index (χ1n) is 5.25. The van der Waals surface area contributed by atoms with Gasteiger partial charge in [-0.2, -0.15) is 13.2 Å². The molecular weight excluding hydrogens is 335 g/mol. The Bertz CT molecular complexity index is 534. The summed E-state index contributed by atoms with van der Waals surface area (Å²) in [7, 11) is -4.11. The Morgan fingerprint density at radius 2 is 1.94 bits per heavy atom. The largest absolute Gasteiger partial charge is 0.416 e. The lowest BCUT2D eigenvalue weighted by Gasteiger charge is -2.30. The van der Waals surface area contributed by atoms with E-state index < -0.39 is 26.1 Å². The molecule has 2 aliphatic rings. The van der Waals surface area contributed by atoms with Crippen molar-refractivity contribution >= 4 is 26.0 Å². The van der Waals surface area contributed by atoms with Crippen LogP contribution in [0.4, 0.5) is 13.2 Å². The first kappa shape index (κ1) is 14.1. The van der Waals surface area contributed by atoms with E-state index in [0.29, 0.717) is 6.08 Å². The Morgan fingerprint density at radius 1 is 1.39 bits per heavy atom. The van der Waals surface area contributed by atoms with Gasteiger partial charge in [0.2, 0.25) is 10.0 Å². The zero-order valence-corrected chi connectivity index (χ0v) is 11.6. The van der Waals surface area contributed by atoms with E-state index >= 15 is 0 Å². The number of rotatable bonds is 2. The summed E-state index contributed by atoms with van der Waals surface area (Å²) in [6.07, 6.45) is -1.35. The monoisotopic (exact) mass is 345 g/mol. The van der Waals surface area contributed by atoms with Gasteiger partial charge in [0.1, 0.15) is 0 Å². The molecule has 1 saturated carbocycles. The molecular formula is C10H11BrF3NO2S. The Balaban J connectivity index is 2.48. The highest BCUT2D eigenvalue weighted by Crippen LogP contribution is 2.53. The van der Waals surface area contributed by atoms with Crippen LogP contribution >= 0.6 is 15.9 Å². The van der Waals surface area contributed by atoms with Gasteiger partial charge >= 0.3 is 6.18 Å². The van der Waals surface area contributed by atoms with Gasteiger partial charge in [0, 0.05) is 6.42 Å². The van der Waals surface area contributed by atoms with E-state index in [2.05, 4.69) is 15.9 Å². The van der Waals surface area contributed by atoms with Crippen LogP contribution in [0.25, 0.3) is 0 Å². The standard InChI is InChI=1S/C10H11BrF3NO2S/c11-9(6-1-2-6)4-7(10(12,13)14)3-8(5-9)18(15,16)17/h3-4,6H,1-2,5H2,(H2,15,16,17). The molecule has 2 rings (SSSR count). The lowest BCUT2D eigenvalue weighted by Crippen LogP contribution is -2.31. The van der Waals surface area contributed by atoms with Gasteiger partial charge in [0.15, 0.2) is 0 Å². The summed E-state index contributed by atoms with van der Waals surface area (Å²) in [5.41, 5.74) is -0.957. The van der Waals surface area contributed by atoms with Gasteiger partial charge in [-0.1, -0.05) is 22.0 Å². The highest BCUT2D eigenvalue weighted by Gasteiger charge is 2.48. The molecule has 18 heavy (non-hydrogen) atoms. The highest BCUT2D eigenvalue weighted by molar-refractivity contribution is 9.10. The maximum absolute atomic E-state index is 12.8. The second-order valence-corrected chi connectivity index (χ2v) is 7.72. The van der Waals surface area contributed by atoms with E-state index in [-0.39, 0.29) is 17.2 Å². The average Bonchev–Trinajstić information content (AvgIpc) is 2.96. The van der Waals surface area contributed by atoms with Crippen LogP contribution in [0.2, 0.25) is 0 Å². The number of allylic oxidation sites excluding steroid dienone is 4. The van der Waals surface area contributed by atoms with Crippen LogP contribution in [0.5, 0.6) is 0 Å². The predicted molar refractivity (Wildman–Crippen MR) is 64.3 cm³/mol. The summed E-state index contributed by atoms with van der Waals surface area (Å²) in [5, 5.41) is 4.95. The van der Waals surface area contributed by atoms with Gasteiger partial charge in [0.25, 0.3) is 0 Å². The van der Waals surface area contributed by atoms with Gasteiger partial charge < -0.3 is 0 Å². The molecule has 0 amide bonds. The molecule has 0 radical (unpaired) electrons. The van der Waals surface area contributed by atoms with Gasteiger partial charge in [0.05, 0.1) is 14.8 Å². The van der Waals surface area contributed by atoms with Crippen LogP contribution in [-0.2, 0) is 10.0 Å². The number of halogens is 4. The second-order valence-electron chi connectivity index (χ2n) is 4.63. The molecule has 0 aromatic rings. The van der Waals surface area contributed by atoms with E-state index in [1.807, 2.05) is 0 Å². The van der Waals surface area contributed by atoms with Crippen LogP contribution < -0.4 is 5.14 Å². The van der Waals surface area contributed by atoms with Crippen molar-refractivity contribution in [2.45, 2.75) is 29.8 Å². The minimum atomic E-state index is -4.58. The molecule has 1 atom stereocenters. The third-order valence-corrected chi connectivity index (χ3v) is 5.26. The molecule has 8 heteroatoms. The molecule has 0 saturated heterocycles. The van der Waals surface area contributed by atoms with Crippen molar-refractivity contribution in [3.05, 3.63) is 22.6 Å². The lowest BCUT2D eigenvalue weighted by molar-refractivity contribution is -0.0888. The molecule has 0 bridgehead atoms. The Labute approximate surface area is 111 Å². The summed E-state index contributed by atoms with van der Waals surface area (Å²) < 4.78 is 59.9. The van der Waals surface area contributed by atoms with Crippen molar-refractivity contribution in [1.82, 2.24) is 0 Å². The van der Waals surface area contributed by atoms with Crippen molar-refractivity contribution in [3.8, 4) is 0 Å². The van der Waals surface area contributed by atoms with E-state index in [1.54, 1.807) is 0 Å². The van der Waals surface area contributed by atoms with Crippen LogP contribution in [0.3, 0.4) is 0 Å². The number of hydrogen-bond donors (Lipinski definition) is 1. The van der Waals surface area contributed by atoms with Crippen molar-refractivity contribution in [3.63, 3.8) is 0 Å². The fraction of sp³-hybridized carbons (Fsp3) is 0.600. The molecule has 2 N–H and O–H groups in total. The molecule has 0 heterocycles. The highest BCUT2D eigenvalue weighted by atomic mass is 79.9. The molecule has 3 nitrogen and oxygen atoms in total. The summed E-state index contributed by atoms with van der Waals surface area (Å²) >= 11 is 3.25. The van der Waals surface area contributed by atoms with Gasteiger partial charge in [-0.05, 0) is 24.8 Å². The fourth-order valence-electron chi connectivity index (χ4n) is 2.01. The molecule has 0 aliphatic heterocycles. The van der Waals surface area contributed by atoms with Gasteiger partial charge in [-0.3, -0.25) is 0 Å². The third-order valence-electron chi connectivity index (χ3n) is 3.11. The molecule has 2 aliphatic carbocycles. The van der Waals surface area contributed by atoms with Gasteiger partial charge in [-0.25, -0.2) is 13.6 Å². The minimum Gasteiger partial charge on any atom is -0.225 e. The Kier molecular flexibility index (Phi) is 3.19. The summed E-state index contributed by atoms with van der Waals surface area (Å²) in [4.78, 5) is -0.374. The molecule has 1 fully saturated rings. The average molecular weight is 346 g/mol. The summed E-state index contributed by atoms with van der Waals surface area (Å²) in [6.45, 7) is 0. The zero-order valence-electron chi connectivity index (χ0n) is 9.17. The maximum Gasteiger partial charge on any atom is 0.416 e. The number of hydrogen-bond acceptors (Lipinski definition) is 2. The fourth-order valence-corrected chi connectivity index (χ4v) is 3.94. The summed E-state index contributed by atoms with van der Waals surface area (Å²) in [6, 6.07) is 0. The topological polar surface area (TPSA) is 60.2 Å². The van der Waals surface area contributed by atoms with Crippen LogP contribution in [0.1, 0.15) is 19.3 Å². The van der Waals surface area contributed by atoms with Crippen LogP contribution in [0.15, 0.2) is 22.6 Å². The third kappa shape index (κ3) is 2.80. The molecule has 0 aromatic heterocycles. The molecule has 102 valence electrons. The minimum absolute atomic E-state index is 0.0281. The van der Waals surface area contributed by atoms with Crippen molar-refractivity contribution in [2.75, 3.05) is 0 Å². The molecule has 0 aromatic carbocycles. The normalized spacial score (nSPS) is 29.8. The SMILES string of the molecule is NS(=O)(=O)C1=CC(C(F)(F)F)=CC(Br)(C2CC2)C1. The predicted octanol–water partition coefficient (Wildman–Crippen LogP) is 2.59. The first-order chi connectivity index (χ1) is 8.02. The smallest absolute Gasteiger partial charge is 0.225 e. The number of nitrogens with two attached hydrogens (primary N) is 1. The maximum atomic E-state index is 12.8. The van der Waals surface area contributed by atoms with Crippen LogP contribution in [0, 0.1) is 5.92 Å². The van der Waals surface area contributed by atoms with E-state index in [1.165, 1.54) is 0 Å². The lowest BCUT2D eigenvalue weighted by atomic mass is 9.91. The van der Waals surface area contributed by atoms with E-state index in [9.17, 15) is 21.6 Å². The van der Waals surface area contributed by atoms with Crippen molar-refractivity contribution < 1.29 is 21.6 Å². The number of sulfonamides is 1. The van der Waals surface area contributed by atoms with E-state index in [4.69, 9.17) is 5.14 Å².